The number of carbonyl (C=O) groups excluding carboxylic acids is 1. The van der Waals surface area contributed by atoms with E-state index >= 15 is 0 Å². The molecule has 0 unspecified atom stereocenters. The summed E-state index contributed by atoms with van der Waals surface area (Å²) in [4.78, 5) is 9.82. The summed E-state index contributed by atoms with van der Waals surface area (Å²) in [5.74, 6) is -0.211. The molecular weight excluding hydrogens is 212 g/mol. The first-order chi connectivity index (χ1) is 6.90. The third kappa shape index (κ3) is 50.5. The third-order valence-electron chi connectivity index (χ3n) is 0.892. The van der Waals surface area contributed by atoms with Crippen LogP contribution in [0.4, 0.5) is 0 Å². The van der Waals surface area contributed by atoms with Gasteiger partial charge >= 0.3 is 5.97 Å². The largest absolute Gasteiger partial charge is 0.466 e. The van der Waals surface area contributed by atoms with E-state index in [1.165, 1.54) is 6.92 Å². The average molecular weight is 240 g/mol. The lowest BCUT2D eigenvalue weighted by molar-refractivity contribution is -0.140. The second-order valence-electron chi connectivity index (χ2n) is 3.16. The molecule has 0 atom stereocenters. The van der Waals surface area contributed by atoms with E-state index in [1.807, 2.05) is 27.7 Å². The highest BCUT2D eigenvalue weighted by Crippen LogP contribution is 1.93. The smallest absolute Gasteiger partial charge is 0.302 e. The summed E-state index contributed by atoms with van der Waals surface area (Å²) in [6.45, 7) is 11.8. The van der Waals surface area contributed by atoms with Crippen LogP contribution in [0.1, 0.15) is 41.5 Å². The predicted octanol–water partition coefficient (Wildman–Crippen LogP) is 1.17. The Morgan fingerprint density at radius 1 is 1.12 bits per heavy atom. The van der Waals surface area contributed by atoms with E-state index in [0.717, 1.165) is 7.11 Å². The topological polar surface area (TPSA) is 87.3 Å². The Balaban J connectivity index is -0.0000000743. The van der Waals surface area contributed by atoms with Gasteiger partial charge in [-0.2, -0.15) is 0 Å². The standard InChI is InChI=1S/C6H14O.C4H8O2.CH4O.H2O/c1-5(2)7-6(3)4;1-3-6-4(2)5;1-2;/h5-6H,1-4H3;3H2,1-2H3;2H,1H3;1H2. The number of esters is 1. The van der Waals surface area contributed by atoms with Crippen molar-refractivity contribution in [3.8, 4) is 0 Å². The Hall–Kier alpha value is -0.650. The Labute approximate surface area is 99.1 Å². The van der Waals surface area contributed by atoms with Gasteiger partial charge in [0.15, 0.2) is 0 Å². The monoisotopic (exact) mass is 240 g/mol. The lowest BCUT2D eigenvalue weighted by Gasteiger charge is -2.09. The zero-order chi connectivity index (χ0) is 12.9. The van der Waals surface area contributed by atoms with E-state index in [-0.39, 0.29) is 11.4 Å². The van der Waals surface area contributed by atoms with E-state index in [1.54, 1.807) is 6.92 Å². The van der Waals surface area contributed by atoms with Crippen molar-refractivity contribution < 1.29 is 24.9 Å². The van der Waals surface area contributed by atoms with Crippen molar-refractivity contribution >= 4 is 5.97 Å². The second kappa shape index (κ2) is 19.9. The average Bonchev–Trinajstić information content (AvgIpc) is 2.05. The number of carbonyl (C=O) groups is 1. The van der Waals surface area contributed by atoms with Crippen molar-refractivity contribution in [1.29, 1.82) is 0 Å². The molecule has 0 aromatic heterocycles. The van der Waals surface area contributed by atoms with Crippen LogP contribution in [0.2, 0.25) is 0 Å². The minimum Gasteiger partial charge on any atom is -0.466 e. The molecule has 0 saturated heterocycles. The Morgan fingerprint density at radius 3 is 1.44 bits per heavy atom. The first-order valence-electron chi connectivity index (χ1n) is 5.13. The maximum absolute atomic E-state index is 9.82. The van der Waals surface area contributed by atoms with Crippen LogP contribution in [0.25, 0.3) is 0 Å². The van der Waals surface area contributed by atoms with Gasteiger partial charge in [0.1, 0.15) is 0 Å². The van der Waals surface area contributed by atoms with E-state index < -0.39 is 0 Å². The number of aliphatic hydroxyl groups is 1. The molecule has 102 valence electrons. The van der Waals surface area contributed by atoms with Crippen molar-refractivity contribution in [2.75, 3.05) is 13.7 Å². The summed E-state index contributed by atoms with van der Waals surface area (Å²) in [7, 11) is 1.00. The number of hydrogen-bond donors (Lipinski definition) is 1. The quantitative estimate of drug-likeness (QED) is 0.750. The molecule has 0 heterocycles. The molecule has 5 heteroatoms. The lowest BCUT2D eigenvalue weighted by Crippen LogP contribution is -2.09. The van der Waals surface area contributed by atoms with Gasteiger partial charge in [-0.15, -0.1) is 0 Å². The van der Waals surface area contributed by atoms with Gasteiger partial charge in [-0.25, -0.2) is 0 Å². The highest BCUT2D eigenvalue weighted by molar-refractivity contribution is 5.65. The highest BCUT2D eigenvalue weighted by atomic mass is 16.5. The van der Waals surface area contributed by atoms with Crippen LogP contribution in [0, 0.1) is 0 Å². The van der Waals surface area contributed by atoms with Crippen LogP contribution in [0.5, 0.6) is 0 Å². The van der Waals surface area contributed by atoms with Crippen LogP contribution < -0.4 is 0 Å². The molecular formula is C11H28O5. The molecule has 0 aliphatic heterocycles. The summed E-state index contributed by atoms with van der Waals surface area (Å²) >= 11 is 0. The van der Waals surface area contributed by atoms with Gasteiger partial charge < -0.3 is 20.1 Å². The molecule has 16 heavy (non-hydrogen) atoms. The van der Waals surface area contributed by atoms with Crippen LogP contribution in [0.3, 0.4) is 0 Å². The summed E-state index contributed by atoms with van der Waals surface area (Å²) < 4.78 is 9.65. The van der Waals surface area contributed by atoms with Gasteiger partial charge in [0.25, 0.3) is 0 Å². The summed E-state index contributed by atoms with van der Waals surface area (Å²) in [5, 5.41) is 7.00. The molecule has 0 aromatic rings. The van der Waals surface area contributed by atoms with Crippen LogP contribution in [0.15, 0.2) is 0 Å². The summed E-state index contributed by atoms with van der Waals surface area (Å²) in [5.41, 5.74) is 0. The number of hydrogen-bond acceptors (Lipinski definition) is 4. The van der Waals surface area contributed by atoms with Crippen LogP contribution >= 0.6 is 0 Å². The summed E-state index contributed by atoms with van der Waals surface area (Å²) in [6, 6.07) is 0. The molecule has 5 nitrogen and oxygen atoms in total. The minimum absolute atomic E-state index is 0. The number of ether oxygens (including phenoxy) is 2. The Kier molecular flexibility index (Phi) is 30.4. The van der Waals surface area contributed by atoms with Crippen LogP contribution in [-0.4, -0.2) is 42.5 Å². The normalized spacial score (nSPS) is 8.12. The first kappa shape index (κ1) is 24.5. The molecule has 0 spiro atoms. The Bertz CT molecular complexity index is 118. The van der Waals surface area contributed by atoms with Gasteiger partial charge in [-0.3, -0.25) is 4.79 Å². The van der Waals surface area contributed by atoms with Crippen molar-refractivity contribution in [1.82, 2.24) is 0 Å². The molecule has 3 N–H and O–H groups in total. The van der Waals surface area contributed by atoms with Crippen LogP contribution in [-0.2, 0) is 14.3 Å². The van der Waals surface area contributed by atoms with Gasteiger partial charge in [-0.1, -0.05) is 0 Å². The SMILES string of the molecule is CC(C)OC(C)C.CCOC(C)=O.CO.O. The first-order valence-corrected chi connectivity index (χ1v) is 5.13. The molecule has 0 saturated carbocycles. The fraction of sp³-hybridized carbons (Fsp3) is 0.909. The molecule has 0 fully saturated rings. The van der Waals surface area contributed by atoms with Crippen molar-refractivity contribution in [3.63, 3.8) is 0 Å². The molecule has 0 rings (SSSR count). The maximum Gasteiger partial charge on any atom is 0.302 e. The van der Waals surface area contributed by atoms with Crippen molar-refractivity contribution in [2.24, 2.45) is 0 Å². The third-order valence-corrected chi connectivity index (χ3v) is 0.892. The summed E-state index contributed by atoms with van der Waals surface area (Å²) in [6.07, 6.45) is 0.750. The molecule has 0 aliphatic rings. The fourth-order valence-corrected chi connectivity index (χ4v) is 0.748. The molecule has 0 amide bonds. The minimum atomic E-state index is -0.211. The Morgan fingerprint density at radius 2 is 1.44 bits per heavy atom. The van der Waals surface area contributed by atoms with E-state index in [2.05, 4.69) is 4.74 Å². The zero-order valence-corrected chi connectivity index (χ0v) is 11.5. The van der Waals surface area contributed by atoms with Gasteiger partial charge in [0, 0.05) is 14.0 Å². The van der Waals surface area contributed by atoms with Crippen molar-refractivity contribution in [2.45, 2.75) is 53.8 Å². The molecule has 0 radical (unpaired) electrons. The second-order valence-corrected chi connectivity index (χ2v) is 3.16. The van der Waals surface area contributed by atoms with E-state index in [0.29, 0.717) is 18.8 Å². The fourth-order valence-electron chi connectivity index (χ4n) is 0.748. The highest BCUT2D eigenvalue weighted by Gasteiger charge is 1.94. The maximum atomic E-state index is 9.82. The predicted molar refractivity (Wildman–Crippen MR) is 65.4 cm³/mol. The van der Waals surface area contributed by atoms with Gasteiger partial charge in [0.2, 0.25) is 0 Å². The zero-order valence-electron chi connectivity index (χ0n) is 11.5. The van der Waals surface area contributed by atoms with Crippen molar-refractivity contribution in [3.05, 3.63) is 0 Å². The van der Waals surface area contributed by atoms with E-state index in [4.69, 9.17) is 9.84 Å². The number of rotatable bonds is 3. The molecule has 0 aromatic carbocycles. The van der Waals surface area contributed by atoms with Gasteiger partial charge in [-0.05, 0) is 34.6 Å². The number of aliphatic hydroxyl groups excluding tert-OH is 1. The van der Waals surface area contributed by atoms with E-state index in [9.17, 15) is 4.79 Å². The lowest BCUT2D eigenvalue weighted by atomic mass is 10.4. The molecule has 0 aliphatic carbocycles. The van der Waals surface area contributed by atoms with Gasteiger partial charge in [0.05, 0.1) is 18.8 Å². The molecule has 0 bridgehead atoms.